The average molecular weight is 340 g/mol. The van der Waals surface area contributed by atoms with Crippen LogP contribution in [-0.2, 0) is 4.79 Å². The number of carbonyl (C=O) groups is 2. The van der Waals surface area contributed by atoms with Gasteiger partial charge in [0.1, 0.15) is 5.75 Å². The van der Waals surface area contributed by atoms with Crippen LogP contribution >= 0.6 is 0 Å². The first-order valence-electron chi connectivity index (χ1n) is 8.10. The molecule has 0 radical (unpaired) electrons. The van der Waals surface area contributed by atoms with E-state index < -0.39 is 11.9 Å². The van der Waals surface area contributed by atoms with Crippen LogP contribution in [-0.4, -0.2) is 42.1 Å². The van der Waals surface area contributed by atoms with E-state index in [0.29, 0.717) is 24.2 Å². The summed E-state index contributed by atoms with van der Waals surface area (Å²) in [6.07, 6.45) is 0.495. The van der Waals surface area contributed by atoms with Crippen molar-refractivity contribution in [1.82, 2.24) is 4.90 Å². The van der Waals surface area contributed by atoms with Gasteiger partial charge in [-0.3, -0.25) is 9.59 Å². The maximum atomic E-state index is 12.8. The number of amides is 1. The van der Waals surface area contributed by atoms with E-state index in [2.05, 4.69) is 5.32 Å². The van der Waals surface area contributed by atoms with Gasteiger partial charge in [0.05, 0.1) is 24.3 Å². The number of para-hydroxylation sites is 1. The lowest BCUT2D eigenvalue weighted by atomic mass is 10.1. The van der Waals surface area contributed by atoms with Gasteiger partial charge in [-0.1, -0.05) is 12.1 Å². The first kappa shape index (κ1) is 16.8. The highest BCUT2D eigenvalue weighted by Crippen LogP contribution is 2.26. The van der Waals surface area contributed by atoms with Crippen molar-refractivity contribution in [2.75, 3.05) is 25.5 Å². The van der Waals surface area contributed by atoms with Crippen LogP contribution in [0.25, 0.3) is 0 Å². The standard InChI is InChI=1S/C19H20N2O4/c1-25-15-8-6-14(7-9-15)20-17-5-3-2-4-16(17)18(22)21-11-10-13(12-21)19(23)24/h2-9,13,20H,10-12H2,1H3,(H,23,24)/t13-/m1/s1. The van der Waals surface area contributed by atoms with Crippen LogP contribution in [0.2, 0.25) is 0 Å². The molecule has 0 saturated carbocycles. The molecule has 6 heteroatoms. The Kier molecular flexibility index (Phi) is 4.88. The molecule has 1 fully saturated rings. The van der Waals surface area contributed by atoms with Crippen molar-refractivity contribution in [3.8, 4) is 5.75 Å². The molecule has 2 aromatic carbocycles. The summed E-state index contributed by atoms with van der Waals surface area (Å²) in [6, 6.07) is 14.7. The Morgan fingerprint density at radius 2 is 1.88 bits per heavy atom. The predicted octanol–water partition coefficient (Wildman–Crippen LogP) is 2.99. The second-order valence-electron chi connectivity index (χ2n) is 5.97. The Balaban J connectivity index is 1.78. The van der Waals surface area contributed by atoms with E-state index in [1.807, 2.05) is 36.4 Å². The van der Waals surface area contributed by atoms with Gasteiger partial charge in [-0.25, -0.2) is 0 Å². The molecule has 2 N–H and O–H groups in total. The van der Waals surface area contributed by atoms with E-state index in [1.165, 1.54) is 0 Å². The summed E-state index contributed by atoms with van der Waals surface area (Å²) in [5, 5.41) is 12.4. The molecule has 25 heavy (non-hydrogen) atoms. The average Bonchev–Trinajstić information content (AvgIpc) is 3.13. The summed E-state index contributed by atoms with van der Waals surface area (Å²) in [4.78, 5) is 25.5. The molecule has 1 atom stereocenters. The Morgan fingerprint density at radius 3 is 2.52 bits per heavy atom. The van der Waals surface area contributed by atoms with Crippen molar-refractivity contribution in [3.05, 3.63) is 54.1 Å². The van der Waals surface area contributed by atoms with Crippen LogP contribution in [0.1, 0.15) is 16.8 Å². The van der Waals surface area contributed by atoms with E-state index in [-0.39, 0.29) is 12.5 Å². The van der Waals surface area contributed by atoms with Crippen LogP contribution in [0, 0.1) is 5.92 Å². The summed E-state index contributed by atoms with van der Waals surface area (Å²) >= 11 is 0. The van der Waals surface area contributed by atoms with E-state index in [4.69, 9.17) is 9.84 Å². The largest absolute Gasteiger partial charge is 0.497 e. The van der Waals surface area contributed by atoms with Crippen LogP contribution in [0.5, 0.6) is 5.75 Å². The van der Waals surface area contributed by atoms with Gasteiger partial charge in [-0.05, 0) is 42.8 Å². The SMILES string of the molecule is COc1ccc(Nc2ccccc2C(=O)N2CC[C@@H](C(=O)O)C2)cc1. The fraction of sp³-hybridized carbons (Fsp3) is 0.263. The third-order valence-corrected chi connectivity index (χ3v) is 4.35. The molecule has 2 aromatic rings. The van der Waals surface area contributed by atoms with Gasteiger partial charge in [0, 0.05) is 18.8 Å². The number of carbonyl (C=O) groups excluding carboxylic acids is 1. The molecule has 0 aromatic heterocycles. The van der Waals surface area contributed by atoms with Crippen LogP contribution in [0.4, 0.5) is 11.4 Å². The third-order valence-electron chi connectivity index (χ3n) is 4.35. The zero-order valence-corrected chi connectivity index (χ0v) is 13.9. The molecule has 0 aliphatic carbocycles. The number of carboxylic acid groups (broad SMARTS) is 1. The monoisotopic (exact) mass is 340 g/mol. The lowest BCUT2D eigenvalue weighted by Gasteiger charge is -2.19. The first-order valence-corrected chi connectivity index (χ1v) is 8.10. The lowest BCUT2D eigenvalue weighted by molar-refractivity contribution is -0.141. The molecule has 1 heterocycles. The van der Waals surface area contributed by atoms with Gasteiger partial charge in [0.25, 0.3) is 5.91 Å². The van der Waals surface area contributed by atoms with E-state index >= 15 is 0 Å². The number of nitrogens with one attached hydrogen (secondary N) is 1. The molecular weight excluding hydrogens is 320 g/mol. The molecule has 1 aliphatic heterocycles. The zero-order valence-electron chi connectivity index (χ0n) is 13.9. The Morgan fingerprint density at radius 1 is 1.16 bits per heavy atom. The smallest absolute Gasteiger partial charge is 0.308 e. The van der Waals surface area contributed by atoms with Gasteiger partial charge >= 0.3 is 5.97 Å². The van der Waals surface area contributed by atoms with E-state index in [9.17, 15) is 9.59 Å². The number of aliphatic carboxylic acids is 1. The van der Waals surface area contributed by atoms with Crippen LogP contribution < -0.4 is 10.1 Å². The van der Waals surface area contributed by atoms with Crippen molar-refractivity contribution in [1.29, 1.82) is 0 Å². The fourth-order valence-corrected chi connectivity index (χ4v) is 2.93. The number of ether oxygens (including phenoxy) is 1. The van der Waals surface area contributed by atoms with Crippen molar-refractivity contribution < 1.29 is 19.4 Å². The molecule has 130 valence electrons. The maximum Gasteiger partial charge on any atom is 0.308 e. The molecule has 1 amide bonds. The first-order chi connectivity index (χ1) is 12.1. The number of benzene rings is 2. The third kappa shape index (κ3) is 3.74. The summed E-state index contributed by atoms with van der Waals surface area (Å²) in [5.41, 5.74) is 2.06. The number of methoxy groups -OCH3 is 1. The Labute approximate surface area is 146 Å². The van der Waals surface area contributed by atoms with Crippen molar-refractivity contribution in [3.63, 3.8) is 0 Å². The molecule has 6 nitrogen and oxygen atoms in total. The van der Waals surface area contributed by atoms with Gasteiger partial charge in [-0.15, -0.1) is 0 Å². The quantitative estimate of drug-likeness (QED) is 0.875. The number of hydrogen-bond donors (Lipinski definition) is 2. The number of anilines is 2. The Hall–Kier alpha value is -3.02. The Bertz CT molecular complexity index is 773. The van der Waals surface area contributed by atoms with Gasteiger partial charge in [0.2, 0.25) is 0 Å². The molecular formula is C19H20N2O4. The summed E-state index contributed by atoms with van der Waals surface area (Å²) in [5.74, 6) is -0.724. The molecule has 0 spiro atoms. The molecule has 0 bridgehead atoms. The molecule has 1 aliphatic rings. The minimum Gasteiger partial charge on any atom is -0.497 e. The maximum absolute atomic E-state index is 12.8. The fourth-order valence-electron chi connectivity index (χ4n) is 2.93. The number of nitrogens with zero attached hydrogens (tertiary/aromatic N) is 1. The van der Waals surface area contributed by atoms with Crippen LogP contribution in [0.3, 0.4) is 0 Å². The predicted molar refractivity (Wildman–Crippen MR) is 94.4 cm³/mol. The normalized spacial score (nSPS) is 16.5. The second kappa shape index (κ2) is 7.25. The zero-order chi connectivity index (χ0) is 17.8. The summed E-state index contributed by atoms with van der Waals surface area (Å²) in [7, 11) is 1.61. The van der Waals surface area contributed by atoms with Crippen molar-refractivity contribution in [2.24, 2.45) is 5.92 Å². The highest BCUT2D eigenvalue weighted by molar-refractivity contribution is 6.00. The van der Waals surface area contributed by atoms with Gasteiger partial charge in [-0.2, -0.15) is 0 Å². The number of rotatable bonds is 5. The van der Waals surface area contributed by atoms with E-state index in [0.717, 1.165) is 11.4 Å². The highest BCUT2D eigenvalue weighted by atomic mass is 16.5. The highest BCUT2D eigenvalue weighted by Gasteiger charge is 2.31. The number of likely N-dealkylation sites (tertiary alicyclic amines) is 1. The molecule has 3 rings (SSSR count). The van der Waals surface area contributed by atoms with E-state index in [1.54, 1.807) is 24.1 Å². The number of carboxylic acids is 1. The minimum absolute atomic E-state index is 0.152. The summed E-state index contributed by atoms with van der Waals surface area (Å²) < 4.78 is 5.14. The molecule has 1 saturated heterocycles. The summed E-state index contributed by atoms with van der Waals surface area (Å²) in [6.45, 7) is 0.720. The number of hydrogen-bond acceptors (Lipinski definition) is 4. The topological polar surface area (TPSA) is 78.9 Å². The van der Waals surface area contributed by atoms with Crippen LogP contribution in [0.15, 0.2) is 48.5 Å². The van der Waals surface area contributed by atoms with Crippen molar-refractivity contribution >= 4 is 23.3 Å². The van der Waals surface area contributed by atoms with Gasteiger partial charge < -0.3 is 20.1 Å². The van der Waals surface area contributed by atoms with Gasteiger partial charge in [0.15, 0.2) is 0 Å². The molecule has 0 unspecified atom stereocenters. The lowest BCUT2D eigenvalue weighted by Crippen LogP contribution is -2.30. The van der Waals surface area contributed by atoms with Crippen molar-refractivity contribution in [2.45, 2.75) is 6.42 Å². The second-order valence-corrected chi connectivity index (χ2v) is 5.97. The minimum atomic E-state index is -0.847.